The molecule has 1 atom stereocenters. The van der Waals surface area contributed by atoms with Crippen LogP contribution in [0, 0.1) is 0 Å². The minimum absolute atomic E-state index is 0.0110. The van der Waals surface area contributed by atoms with Crippen molar-refractivity contribution in [2.24, 2.45) is 0 Å². The Balaban J connectivity index is 1.84. The predicted molar refractivity (Wildman–Crippen MR) is 157 cm³/mol. The molecule has 1 heterocycles. The van der Waals surface area contributed by atoms with Gasteiger partial charge in [0.25, 0.3) is 0 Å². The molecule has 208 valence electrons. The third-order valence-electron chi connectivity index (χ3n) is 6.90. The summed E-state index contributed by atoms with van der Waals surface area (Å²) in [5.41, 5.74) is 2.45. The first kappa shape index (κ1) is 31.1. The second kappa shape index (κ2) is 16.7. The Morgan fingerprint density at radius 1 is 1.03 bits per heavy atom. The van der Waals surface area contributed by atoms with Crippen LogP contribution in [-0.2, 0) is 0 Å². The van der Waals surface area contributed by atoms with Crippen LogP contribution in [0.25, 0.3) is 6.08 Å². The largest absolute Gasteiger partial charge is 0.492 e. The Hall–Kier alpha value is -2.11. The molecule has 37 heavy (non-hydrogen) atoms. The molecule has 1 aromatic rings. The smallest absolute Gasteiger partial charge is 0.163 e. The van der Waals surface area contributed by atoms with Gasteiger partial charge in [0.1, 0.15) is 17.1 Å². The predicted octanol–water partition coefficient (Wildman–Crippen LogP) is 7.45. The van der Waals surface area contributed by atoms with E-state index < -0.39 is 0 Å². The SMILES string of the molecule is CCCCN(CCCC)CCCNCCCOc1c(C(C)=O)ccc2c1C=CC(C)(CCC=C(C)C)O2. The molecule has 1 aromatic carbocycles. The van der Waals surface area contributed by atoms with Gasteiger partial charge in [0.05, 0.1) is 17.7 Å². The molecule has 5 heteroatoms. The van der Waals surface area contributed by atoms with Crippen molar-refractivity contribution >= 4 is 11.9 Å². The summed E-state index contributed by atoms with van der Waals surface area (Å²) in [4.78, 5) is 14.9. The second-order valence-corrected chi connectivity index (χ2v) is 10.8. The van der Waals surface area contributed by atoms with Crippen molar-refractivity contribution in [3.05, 3.63) is 41.0 Å². The molecule has 5 nitrogen and oxygen atoms in total. The molecule has 0 fully saturated rings. The number of Topliss-reactive ketones (excluding diaryl/α,β-unsaturated/α-hetero) is 1. The monoisotopic (exact) mass is 512 g/mol. The van der Waals surface area contributed by atoms with Gasteiger partial charge >= 0.3 is 0 Å². The zero-order valence-electron chi connectivity index (χ0n) is 24.5. The maximum atomic E-state index is 12.3. The van der Waals surface area contributed by atoms with Crippen LogP contribution in [0.3, 0.4) is 0 Å². The summed E-state index contributed by atoms with van der Waals surface area (Å²) in [7, 11) is 0. The number of rotatable bonds is 19. The normalized spacial score (nSPS) is 16.4. The van der Waals surface area contributed by atoms with Crippen molar-refractivity contribution in [3.63, 3.8) is 0 Å². The molecule has 1 aliphatic rings. The number of fused-ring (bicyclic) bond motifs is 1. The van der Waals surface area contributed by atoms with E-state index in [-0.39, 0.29) is 11.4 Å². The number of carbonyl (C=O) groups is 1. The molecule has 0 aromatic heterocycles. The number of unbranched alkanes of at least 4 members (excludes halogenated alkanes) is 2. The van der Waals surface area contributed by atoms with Crippen LogP contribution in [0.1, 0.15) is 109 Å². The Morgan fingerprint density at radius 2 is 1.70 bits per heavy atom. The fourth-order valence-electron chi connectivity index (χ4n) is 4.61. The van der Waals surface area contributed by atoms with Gasteiger partial charge in [-0.3, -0.25) is 4.79 Å². The lowest BCUT2D eigenvalue weighted by Gasteiger charge is -2.32. The number of hydrogen-bond donors (Lipinski definition) is 1. The topological polar surface area (TPSA) is 50.8 Å². The average molecular weight is 513 g/mol. The summed E-state index contributed by atoms with van der Waals surface area (Å²) in [6, 6.07) is 3.75. The molecule has 1 aliphatic heterocycles. The van der Waals surface area contributed by atoms with E-state index in [4.69, 9.17) is 9.47 Å². The van der Waals surface area contributed by atoms with Crippen LogP contribution in [-0.4, -0.2) is 55.6 Å². The Kier molecular flexibility index (Phi) is 14.0. The van der Waals surface area contributed by atoms with Crippen molar-refractivity contribution in [1.82, 2.24) is 10.2 Å². The molecule has 0 aliphatic carbocycles. The fourth-order valence-corrected chi connectivity index (χ4v) is 4.61. The van der Waals surface area contributed by atoms with Gasteiger partial charge < -0.3 is 19.7 Å². The van der Waals surface area contributed by atoms with Crippen LogP contribution < -0.4 is 14.8 Å². The number of ketones is 1. The average Bonchev–Trinajstić information content (AvgIpc) is 2.85. The second-order valence-electron chi connectivity index (χ2n) is 10.8. The van der Waals surface area contributed by atoms with Crippen LogP contribution in [0.15, 0.2) is 29.9 Å². The van der Waals surface area contributed by atoms with E-state index in [1.807, 2.05) is 12.1 Å². The lowest BCUT2D eigenvalue weighted by molar-refractivity contribution is 0.101. The van der Waals surface area contributed by atoms with Crippen LogP contribution >= 0.6 is 0 Å². The maximum absolute atomic E-state index is 12.3. The standard InChI is InChI=1S/C32H52N2O3/c1-7-9-22-34(23-10-8-2)24-12-20-33-21-13-25-36-31-28(27(5)35)15-16-30-29(31)17-19-32(6,37-30)18-11-14-26(3)4/h14-17,19,33H,7-13,18,20-25H2,1-6H3. The van der Waals surface area contributed by atoms with E-state index >= 15 is 0 Å². The quantitative estimate of drug-likeness (QED) is 0.118. The summed E-state index contributed by atoms with van der Waals surface area (Å²) in [6.45, 7) is 18.6. The molecule has 0 saturated carbocycles. The van der Waals surface area contributed by atoms with Gasteiger partial charge in [-0.1, -0.05) is 38.3 Å². The summed E-state index contributed by atoms with van der Waals surface area (Å²) >= 11 is 0. The van der Waals surface area contributed by atoms with Crippen LogP contribution in [0.2, 0.25) is 0 Å². The highest BCUT2D eigenvalue weighted by Gasteiger charge is 2.29. The minimum Gasteiger partial charge on any atom is -0.492 e. The van der Waals surface area contributed by atoms with Gasteiger partial charge in [-0.2, -0.15) is 0 Å². The van der Waals surface area contributed by atoms with Crippen molar-refractivity contribution in [2.75, 3.05) is 39.3 Å². The number of hydrogen-bond acceptors (Lipinski definition) is 5. The molecule has 1 N–H and O–H groups in total. The molecule has 0 bridgehead atoms. The van der Waals surface area contributed by atoms with E-state index in [1.165, 1.54) is 57.3 Å². The molecule has 0 amide bonds. The molecule has 0 spiro atoms. The summed E-state index contributed by atoms with van der Waals surface area (Å²) in [5.74, 6) is 1.45. The Labute approximate surface area is 226 Å². The van der Waals surface area contributed by atoms with Crippen LogP contribution in [0.5, 0.6) is 11.5 Å². The summed E-state index contributed by atoms with van der Waals surface area (Å²) in [6.07, 6.45) is 15.4. The molecular formula is C32H52N2O3. The number of ether oxygens (including phenoxy) is 2. The molecule has 0 saturated heterocycles. The van der Waals surface area contributed by atoms with Crippen molar-refractivity contribution < 1.29 is 14.3 Å². The minimum atomic E-state index is -0.361. The van der Waals surface area contributed by atoms with E-state index in [2.05, 4.69) is 63.1 Å². The van der Waals surface area contributed by atoms with Gasteiger partial charge in [0, 0.05) is 0 Å². The van der Waals surface area contributed by atoms with Crippen molar-refractivity contribution in [1.29, 1.82) is 0 Å². The van der Waals surface area contributed by atoms with Crippen LogP contribution in [0.4, 0.5) is 0 Å². The molecule has 1 unspecified atom stereocenters. The van der Waals surface area contributed by atoms with Crippen molar-refractivity contribution in [2.45, 2.75) is 98.5 Å². The van der Waals surface area contributed by atoms with Crippen molar-refractivity contribution in [3.8, 4) is 11.5 Å². The summed E-state index contributed by atoms with van der Waals surface area (Å²) in [5, 5.41) is 3.56. The third-order valence-corrected chi connectivity index (χ3v) is 6.90. The number of allylic oxidation sites excluding steroid dienone is 2. The van der Waals surface area contributed by atoms with Gasteiger partial charge in [0.2, 0.25) is 0 Å². The zero-order chi connectivity index (χ0) is 27.1. The number of nitrogens with one attached hydrogen (secondary N) is 1. The lowest BCUT2D eigenvalue weighted by atomic mass is 9.93. The summed E-state index contributed by atoms with van der Waals surface area (Å²) < 4.78 is 12.6. The van der Waals surface area contributed by atoms with E-state index in [1.54, 1.807) is 6.92 Å². The highest BCUT2D eigenvalue weighted by molar-refractivity contribution is 5.98. The molecule has 0 radical (unpaired) electrons. The Bertz CT molecular complexity index is 880. The Morgan fingerprint density at radius 3 is 2.35 bits per heavy atom. The maximum Gasteiger partial charge on any atom is 0.163 e. The van der Waals surface area contributed by atoms with E-state index in [0.29, 0.717) is 17.9 Å². The zero-order valence-corrected chi connectivity index (χ0v) is 24.5. The highest BCUT2D eigenvalue weighted by Crippen LogP contribution is 2.40. The van der Waals surface area contributed by atoms with Gasteiger partial charge in [-0.15, -0.1) is 0 Å². The fraction of sp³-hybridized carbons (Fsp3) is 0.656. The van der Waals surface area contributed by atoms with E-state index in [9.17, 15) is 4.79 Å². The molecular weight excluding hydrogens is 460 g/mol. The first-order chi connectivity index (χ1) is 17.8. The number of carbonyl (C=O) groups excluding carboxylic acids is 1. The van der Waals surface area contributed by atoms with Gasteiger partial charge in [-0.25, -0.2) is 0 Å². The third kappa shape index (κ3) is 11.0. The number of benzene rings is 1. The van der Waals surface area contributed by atoms with Gasteiger partial charge in [-0.05, 0) is 123 Å². The molecule has 2 rings (SSSR count). The number of nitrogens with zero attached hydrogens (tertiary/aromatic N) is 1. The first-order valence-electron chi connectivity index (χ1n) is 14.5. The van der Waals surface area contributed by atoms with E-state index in [0.717, 1.165) is 43.7 Å². The van der Waals surface area contributed by atoms with Gasteiger partial charge in [0.15, 0.2) is 5.78 Å². The highest BCUT2D eigenvalue weighted by atomic mass is 16.5. The lowest BCUT2D eigenvalue weighted by Crippen LogP contribution is -2.32. The first-order valence-corrected chi connectivity index (χ1v) is 14.5.